The summed E-state index contributed by atoms with van der Waals surface area (Å²) in [4.78, 5) is 12.5. The Hall–Kier alpha value is -2.17. The van der Waals surface area contributed by atoms with E-state index in [0.717, 1.165) is 0 Å². The van der Waals surface area contributed by atoms with E-state index in [2.05, 4.69) is 10.5 Å². The van der Waals surface area contributed by atoms with Crippen LogP contribution in [0.4, 0.5) is 0 Å². The van der Waals surface area contributed by atoms with Gasteiger partial charge in [-0.05, 0) is 37.3 Å². The molecule has 0 spiro atoms. The summed E-state index contributed by atoms with van der Waals surface area (Å²) in [6, 6.07) is 8.53. The molecule has 8 nitrogen and oxygen atoms in total. The highest BCUT2D eigenvalue weighted by atomic mass is 35.5. The topological polar surface area (TPSA) is 108 Å². The molecule has 0 radical (unpaired) electrons. The molecular formula is C19H19Cl2N3O5S. The number of ether oxygens (including phenoxy) is 1. The number of nitrogens with one attached hydrogen (secondary N) is 1. The third-order valence-corrected chi connectivity index (χ3v) is 6.85. The van der Waals surface area contributed by atoms with E-state index in [1.54, 1.807) is 6.92 Å². The second-order valence-corrected chi connectivity index (χ2v) is 9.25. The molecule has 1 fully saturated rings. The maximum Gasteiger partial charge on any atom is 0.271 e. The van der Waals surface area contributed by atoms with Crippen LogP contribution in [0.1, 0.15) is 22.8 Å². The molecule has 0 unspecified atom stereocenters. The number of nitrogens with zero attached hydrogens (tertiary/aromatic N) is 2. The van der Waals surface area contributed by atoms with Gasteiger partial charge in [0.15, 0.2) is 0 Å². The largest absolute Gasteiger partial charge is 0.506 e. The molecule has 1 heterocycles. The van der Waals surface area contributed by atoms with Crippen LogP contribution in [0.2, 0.25) is 10.0 Å². The van der Waals surface area contributed by atoms with Crippen molar-refractivity contribution in [3.63, 3.8) is 0 Å². The van der Waals surface area contributed by atoms with Crippen LogP contribution >= 0.6 is 23.2 Å². The first-order chi connectivity index (χ1) is 14.2. The molecule has 1 saturated heterocycles. The summed E-state index contributed by atoms with van der Waals surface area (Å²) in [6.45, 7) is 2.73. The van der Waals surface area contributed by atoms with Crippen molar-refractivity contribution in [2.24, 2.45) is 5.10 Å². The summed E-state index contributed by atoms with van der Waals surface area (Å²) in [5.74, 6) is -0.823. The number of aromatic hydroxyl groups is 1. The smallest absolute Gasteiger partial charge is 0.271 e. The Kier molecular flexibility index (Phi) is 6.99. The summed E-state index contributed by atoms with van der Waals surface area (Å²) in [7, 11) is -3.73. The van der Waals surface area contributed by atoms with Gasteiger partial charge >= 0.3 is 0 Å². The van der Waals surface area contributed by atoms with Crippen LogP contribution in [0.15, 0.2) is 46.4 Å². The number of carbonyl (C=O) groups excluding carboxylic acids is 1. The first-order valence-corrected chi connectivity index (χ1v) is 11.1. The normalized spacial score (nSPS) is 15.8. The molecule has 30 heavy (non-hydrogen) atoms. The summed E-state index contributed by atoms with van der Waals surface area (Å²) >= 11 is 11.8. The number of hydrazone groups is 1. The van der Waals surface area contributed by atoms with Crippen LogP contribution in [-0.2, 0) is 14.8 Å². The highest BCUT2D eigenvalue weighted by Crippen LogP contribution is 2.31. The average Bonchev–Trinajstić information content (AvgIpc) is 2.75. The number of hydrogen-bond donors (Lipinski definition) is 2. The van der Waals surface area contributed by atoms with Crippen molar-refractivity contribution in [2.75, 3.05) is 26.3 Å². The van der Waals surface area contributed by atoms with Crippen molar-refractivity contribution in [1.29, 1.82) is 0 Å². The molecule has 2 aromatic rings. The van der Waals surface area contributed by atoms with E-state index in [4.69, 9.17) is 27.9 Å². The number of phenols is 1. The number of phenolic OH excluding ortho intramolecular Hbond substituents is 1. The van der Waals surface area contributed by atoms with Crippen molar-refractivity contribution in [3.8, 4) is 5.75 Å². The van der Waals surface area contributed by atoms with Gasteiger partial charge in [0.25, 0.3) is 5.91 Å². The van der Waals surface area contributed by atoms with Gasteiger partial charge in [0.1, 0.15) is 5.75 Å². The standard InChI is InChI=1S/C19H19Cl2N3O5S/c1-12(16-10-14(20)11-17(21)18(16)25)22-23-19(26)13-3-2-4-15(9-13)30(27,28)24-5-7-29-8-6-24/h2-4,9-11,25H,5-8H2,1H3,(H,23,26)/b22-12+. The van der Waals surface area contributed by atoms with Crippen molar-refractivity contribution in [1.82, 2.24) is 9.73 Å². The first kappa shape index (κ1) is 22.5. The van der Waals surface area contributed by atoms with Gasteiger partial charge in [-0.2, -0.15) is 9.41 Å². The number of morpholine rings is 1. The van der Waals surface area contributed by atoms with Gasteiger partial charge in [0, 0.05) is 29.2 Å². The molecule has 1 aliphatic heterocycles. The maximum absolute atomic E-state index is 12.8. The predicted molar refractivity (Wildman–Crippen MR) is 114 cm³/mol. The van der Waals surface area contributed by atoms with Crippen molar-refractivity contribution in [3.05, 3.63) is 57.6 Å². The Morgan fingerprint density at radius 2 is 1.90 bits per heavy atom. The molecule has 2 N–H and O–H groups in total. The van der Waals surface area contributed by atoms with Crippen LogP contribution in [-0.4, -0.2) is 55.8 Å². The molecule has 3 rings (SSSR count). The maximum atomic E-state index is 12.8. The van der Waals surface area contributed by atoms with Crippen LogP contribution in [0.5, 0.6) is 5.75 Å². The molecule has 0 saturated carbocycles. The van der Waals surface area contributed by atoms with E-state index in [-0.39, 0.29) is 45.6 Å². The third kappa shape index (κ3) is 4.93. The highest BCUT2D eigenvalue weighted by molar-refractivity contribution is 7.89. The molecule has 0 aliphatic carbocycles. The minimum atomic E-state index is -3.73. The minimum Gasteiger partial charge on any atom is -0.506 e. The lowest BCUT2D eigenvalue weighted by Gasteiger charge is -2.26. The van der Waals surface area contributed by atoms with Crippen LogP contribution in [0, 0.1) is 0 Å². The number of benzene rings is 2. The van der Waals surface area contributed by atoms with Gasteiger partial charge in [-0.15, -0.1) is 0 Å². The Morgan fingerprint density at radius 1 is 1.20 bits per heavy atom. The number of carbonyl (C=O) groups is 1. The fourth-order valence-electron chi connectivity index (χ4n) is 2.84. The van der Waals surface area contributed by atoms with Gasteiger partial charge in [-0.3, -0.25) is 4.79 Å². The number of amides is 1. The lowest BCUT2D eigenvalue weighted by molar-refractivity contribution is 0.0730. The lowest BCUT2D eigenvalue weighted by Crippen LogP contribution is -2.40. The van der Waals surface area contributed by atoms with Gasteiger partial charge in [-0.25, -0.2) is 13.8 Å². The van der Waals surface area contributed by atoms with Crippen LogP contribution in [0.25, 0.3) is 0 Å². The predicted octanol–water partition coefficient (Wildman–Crippen LogP) is 2.87. The van der Waals surface area contributed by atoms with E-state index in [0.29, 0.717) is 18.2 Å². The van der Waals surface area contributed by atoms with E-state index >= 15 is 0 Å². The average molecular weight is 472 g/mol. The van der Waals surface area contributed by atoms with E-state index in [9.17, 15) is 18.3 Å². The van der Waals surface area contributed by atoms with Crippen molar-refractivity contribution >= 4 is 44.8 Å². The molecule has 160 valence electrons. The first-order valence-electron chi connectivity index (χ1n) is 8.91. The molecule has 0 bridgehead atoms. The summed E-state index contributed by atoms with van der Waals surface area (Å²) in [5, 5.41) is 14.4. The summed E-state index contributed by atoms with van der Waals surface area (Å²) in [5.41, 5.74) is 2.99. The monoisotopic (exact) mass is 471 g/mol. The molecule has 1 amide bonds. The van der Waals surface area contributed by atoms with Crippen LogP contribution in [0.3, 0.4) is 0 Å². The fourth-order valence-corrected chi connectivity index (χ4v) is 4.78. The van der Waals surface area contributed by atoms with Gasteiger partial charge in [0.2, 0.25) is 10.0 Å². The Balaban J connectivity index is 1.80. The molecule has 0 atom stereocenters. The summed E-state index contributed by atoms with van der Waals surface area (Å²) in [6.07, 6.45) is 0. The highest BCUT2D eigenvalue weighted by Gasteiger charge is 2.26. The zero-order valence-corrected chi connectivity index (χ0v) is 18.3. The zero-order valence-electron chi connectivity index (χ0n) is 15.9. The van der Waals surface area contributed by atoms with E-state index in [1.165, 1.54) is 40.7 Å². The minimum absolute atomic E-state index is 0.0111. The molecule has 2 aromatic carbocycles. The van der Waals surface area contributed by atoms with E-state index < -0.39 is 15.9 Å². The quantitative estimate of drug-likeness (QED) is 0.514. The van der Waals surface area contributed by atoms with Crippen molar-refractivity contribution in [2.45, 2.75) is 11.8 Å². The number of rotatable bonds is 5. The zero-order chi connectivity index (χ0) is 21.9. The second kappa shape index (κ2) is 9.32. The Bertz CT molecular complexity index is 1100. The van der Waals surface area contributed by atoms with E-state index in [1.807, 2.05) is 0 Å². The number of halogens is 2. The SMILES string of the molecule is C/C(=N\NC(=O)c1cccc(S(=O)(=O)N2CCOCC2)c1)c1cc(Cl)cc(Cl)c1O. The third-order valence-electron chi connectivity index (χ3n) is 4.45. The Morgan fingerprint density at radius 3 is 2.60 bits per heavy atom. The second-order valence-electron chi connectivity index (χ2n) is 6.47. The lowest BCUT2D eigenvalue weighted by atomic mass is 10.1. The Labute approximate surface area is 184 Å². The van der Waals surface area contributed by atoms with Gasteiger partial charge < -0.3 is 9.84 Å². The molecule has 11 heteroatoms. The molecular weight excluding hydrogens is 453 g/mol. The van der Waals surface area contributed by atoms with Gasteiger partial charge in [-0.1, -0.05) is 29.3 Å². The van der Waals surface area contributed by atoms with Gasteiger partial charge in [0.05, 0.1) is 28.8 Å². The number of hydrogen-bond acceptors (Lipinski definition) is 6. The fraction of sp³-hybridized carbons (Fsp3) is 0.263. The van der Waals surface area contributed by atoms with Crippen LogP contribution < -0.4 is 5.43 Å². The molecule has 0 aromatic heterocycles. The molecule has 1 aliphatic rings. The number of sulfonamides is 1. The summed E-state index contributed by atoms with van der Waals surface area (Å²) < 4.78 is 32.1. The van der Waals surface area contributed by atoms with Crippen molar-refractivity contribution < 1.29 is 23.1 Å².